The molecule has 2 heterocycles. The summed E-state index contributed by atoms with van der Waals surface area (Å²) in [6, 6.07) is 17.0. The fourth-order valence-electron chi connectivity index (χ4n) is 3.66. The molecule has 0 bridgehead atoms. The fourth-order valence-corrected chi connectivity index (χ4v) is 3.66. The van der Waals surface area contributed by atoms with Crippen LogP contribution in [0.3, 0.4) is 0 Å². The van der Waals surface area contributed by atoms with Crippen molar-refractivity contribution in [3.05, 3.63) is 77.9 Å². The lowest BCUT2D eigenvalue weighted by atomic mass is 9.94. The summed E-state index contributed by atoms with van der Waals surface area (Å²) >= 11 is 0. The number of benzene rings is 2. The van der Waals surface area contributed by atoms with E-state index >= 15 is 0 Å². The third-order valence-corrected chi connectivity index (χ3v) is 5.21. The van der Waals surface area contributed by atoms with Crippen LogP contribution in [0.2, 0.25) is 0 Å². The summed E-state index contributed by atoms with van der Waals surface area (Å²) in [4.78, 5) is 4.02. The van der Waals surface area contributed by atoms with Gasteiger partial charge in [0.05, 0.1) is 19.7 Å². The van der Waals surface area contributed by atoms with E-state index in [9.17, 15) is 0 Å². The summed E-state index contributed by atoms with van der Waals surface area (Å²) in [7, 11) is 1.69. The molecule has 1 fully saturated rings. The molecule has 0 saturated carbocycles. The first kappa shape index (κ1) is 21.3. The molecule has 0 aliphatic carbocycles. The van der Waals surface area contributed by atoms with Crippen LogP contribution in [-0.4, -0.2) is 35.0 Å². The molecule has 154 valence electrons. The quantitative estimate of drug-likeness (QED) is 0.525. The number of aromatic nitrogens is 3. The molecule has 1 aliphatic heterocycles. The summed E-state index contributed by atoms with van der Waals surface area (Å²) in [5.41, 5.74) is 10.5. The molecular formula is C21H27ClN6O. The molecule has 1 aromatic heterocycles. The van der Waals surface area contributed by atoms with E-state index in [0.717, 1.165) is 31.9 Å². The number of hydrogen-bond donors (Lipinski definition) is 3. The minimum absolute atomic E-state index is 0. The number of methoxy groups -OCH3 is 1. The van der Waals surface area contributed by atoms with Gasteiger partial charge in [-0.1, -0.05) is 36.4 Å². The monoisotopic (exact) mass is 414 g/mol. The minimum Gasteiger partial charge on any atom is -0.497 e. The molecule has 8 heteroatoms. The van der Waals surface area contributed by atoms with Gasteiger partial charge in [0.2, 0.25) is 0 Å². The second kappa shape index (κ2) is 10.4. The van der Waals surface area contributed by atoms with Crippen molar-refractivity contribution in [2.45, 2.75) is 19.1 Å². The van der Waals surface area contributed by atoms with Crippen LogP contribution < -0.4 is 20.9 Å². The molecule has 2 atom stereocenters. The van der Waals surface area contributed by atoms with Gasteiger partial charge < -0.3 is 10.1 Å². The molecule has 7 nitrogen and oxygen atoms in total. The van der Waals surface area contributed by atoms with Crippen LogP contribution in [0.25, 0.3) is 0 Å². The summed E-state index contributed by atoms with van der Waals surface area (Å²) in [5.74, 6) is 1.35. The van der Waals surface area contributed by atoms with Crippen molar-refractivity contribution >= 4 is 12.4 Å². The van der Waals surface area contributed by atoms with Gasteiger partial charge in [-0.3, -0.25) is 5.43 Å². The van der Waals surface area contributed by atoms with Crippen molar-refractivity contribution < 1.29 is 4.74 Å². The van der Waals surface area contributed by atoms with Crippen LogP contribution in [0, 0.1) is 5.92 Å². The van der Waals surface area contributed by atoms with Crippen molar-refractivity contribution in [2.75, 3.05) is 20.2 Å². The molecule has 0 spiro atoms. The molecular weight excluding hydrogens is 388 g/mol. The van der Waals surface area contributed by atoms with E-state index in [0.29, 0.717) is 5.92 Å². The number of hydrogen-bond acceptors (Lipinski definition) is 6. The maximum atomic E-state index is 5.26. The smallest absolute Gasteiger partial charge is 0.137 e. The minimum atomic E-state index is 0. The molecule has 0 radical (unpaired) electrons. The Balaban J connectivity index is 0.00000240. The maximum Gasteiger partial charge on any atom is 0.137 e. The highest BCUT2D eigenvalue weighted by atomic mass is 35.5. The van der Waals surface area contributed by atoms with Crippen LogP contribution in [0.1, 0.15) is 22.7 Å². The topological polar surface area (TPSA) is 76.0 Å². The Morgan fingerprint density at radius 2 is 1.93 bits per heavy atom. The van der Waals surface area contributed by atoms with Crippen LogP contribution in [-0.2, 0) is 13.1 Å². The molecule has 0 amide bonds. The number of halogens is 1. The first-order valence-corrected chi connectivity index (χ1v) is 9.56. The molecule has 29 heavy (non-hydrogen) atoms. The number of nitrogens with one attached hydrogen (secondary N) is 3. The molecule has 2 aromatic carbocycles. The van der Waals surface area contributed by atoms with E-state index in [-0.39, 0.29) is 18.4 Å². The van der Waals surface area contributed by atoms with Gasteiger partial charge in [0, 0.05) is 25.6 Å². The Labute approximate surface area is 177 Å². The zero-order valence-corrected chi connectivity index (χ0v) is 17.2. The van der Waals surface area contributed by atoms with E-state index in [2.05, 4.69) is 62.6 Å². The van der Waals surface area contributed by atoms with E-state index in [4.69, 9.17) is 4.74 Å². The summed E-state index contributed by atoms with van der Waals surface area (Å²) in [6.07, 6.45) is 3.32. The lowest BCUT2D eigenvalue weighted by Crippen LogP contribution is -2.28. The SMILES string of the molecule is COc1ccc(C2NNCC2CNCc2ccccc2Cn2cncn2)cc1.Cl. The third kappa shape index (κ3) is 5.33. The van der Waals surface area contributed by atoms with Crippen molar-refractivity contribution in [3.63, 3.8) is 0 Å². The first-order chi connectivity index (χ1) is 13.8. The third-order valence-electron chi connectivity index (χ3n) is 5.21. The second-order valence-corrected chi connectivity index (χ2v) is 7.03. The number of nitrogens with zero attached hydrogens (tertiary/aromatic N) is 3. The Kier molecular flexibility index (Phi) is 7.60. The fraction of sp³-hybridized carbons (Fsp3) is 0.333. The Bertz CT molecular complexity index is 871. The average Bonchev–Trinajstić information content (AvgIpc) is 3.41. The highest BCUT2D eigenvalue weighted by molar-refractivity contribution is 5.85. The van der Waals surface area contributed by atoms with Gasteiger partial charge in [-0.15, -0.1) is 12.4 Å². The Morgan fingerprint density at radius 1 is 1.14 bits per heavy atom. The number of ether oxygens (including phenoxy) is 1. The predicted octanol–water partition coefficient (Wildman–Crippen LogP) is 2.31. The van der Waals surface area contributed by atoms with Gasteiger partial charge in [0.1, 0.15) is 18.4 Å². The number of hydrazine groups is 1. The zero-order valence-electron chi connectivity index (χ0n) is 16.4. The standard InChI is InChI=1S/C21H26N6O.ClH/c1-28-20-8-6-16(7-9-20)21-19(12-24-26-21)11-22-10-17-4-2-3-5-18(17)13-27-15-23-14-25-27;/h2-9,14-15,19,21-22,24,26H,10-13H2,1H3;1H. The van der Waals surface area contributed by atoms with E-state index < -0.39 is 0 Å². The molecule has 3 aromatic rings. The van der Waals surface area contributed by atoms with E-state index in [1.54, 1.807) is 19.8 Å². The van der Waals surface area contributed by atoms with Crippen molar-refractivity contribution in [3.8, 4) is 5.75 Å². The summed E-state index contributed by atoms with van der Waals surface area (Å²) < 4.78 is 7.11. The van der Waals surface area contributed by atoms with E-state index in [1.807, 2.05) is 16.8 Å². The predicted molar refractivity (Wildman–Crippen MR) is 115 cm³/mol. The highest BCUT2D eigenvalue weighted by Gasteiger charge is 2.27. The first-order valence-electron chi connectivity index (χ1n) is 9.56. The molecule has 1 saturated heterocycles. The average molecular weight is 415 g/mol. The van der Waals surface area contributed by atoms with Crippen molar-refractivity contribution in [1.29, 1.82) is 0 Å². The Morgan fingerprint density at radius 3 is 2.66 bits per heavy atom. The van der Waals surface area contributed by atoms with Crippen molar-refractivity contribution in [1.82, 2.24) is 30.9 Å². The highest BCUT2D eigenvalue weighted by Crippen LogP contribution is 2.26. The lowest BCUT2D eigenvalue weighted by Gasteiger charge is -2.20. The van der Waals surface area contributed by atoms with Crippen LogP contribution in [0.15, 0.2) is 61.2 Å². The summed E-state index contributed by atoms with van der Waals surface area (Å²) in [6.45, 7) is 3.42. The van der Waals surface area contributed by atoms with Gasteiger partial charge in [-0.25, -0.2) is 15.1 Å². The normalized spacial score (nSPS) is 18.4. The largest absolute Gasteiger partial charge is 0.497 e. The molecule has 3 N–H and O–H groups in total. The van der Waals surface area contributed by atoms with Gasteiger partial charge in [-0.2, -0.15) is 5.10 Å². The molecule has 2 unspecified atom stereocenters. The van der Waals surface area contributed by atoms with Gasteiger partial charge in [0.25, 0.3) is 0 Å². The van der Waals surface area contributed by atoms with Gasteiger partial charge in [-0.05, 0) is 28.8 Å². The maximum absolute atomic E-state index is 5.26. The number of rotatable bonds is 8. The molecule has 4 rings (SSSR count). The van der Waals surface area contributed by atoms with E-state index in [1.165, 1.54) is 16.7 Å². The van der Waals surface area contributed by atoms with Gasteiger partial charge >= 0.3 is 0 Å². The second-order valence-electron chi connectivity index (χ2n) is 7.03. The zero-order chi connectivity index (χ0) is 19.2. The van der Waals surface area contributed by atoms with Crippen LogP contribution >= 0.6 is 12.4 Å². The molecule has 1 aliphatic rings. The summed E-state index contributed by atoms with van der Waals surface area (Å²) in [5, 5.41) is 7.85. The van der Waals surface area contributed by atoms with Crippen LogP contribution in [0.4, 0.5) is 0 Å². The van der Waals surface area contributed by atoms with Gasteiger partial charge in [0.15, 0.2) is 0 Å². The Hall–Kier alpha value is -2.45. The lowest BCUT2D eigenvalue weighted by molar-refractivity contribution is 0.413. The van der Waals surface area contributed by atoms with Crippen molar-refractivity contribution in [2.24, 2.45) is 5.92 Å². The van der Waals surface area contributed by atoms with Crippen LogP contribution in [0.5, 0.6) is 5.75 Å².